The maximum absolute atomic E-state index is 2.61. The minimum absolute atomic E-state index is 0.289. The first kappa shape index (κ1) is 22.1. The van der Waals surface area contributed by atoms with Crippen LogP contribution in [0.25, 0.3) is 0 Å². The highest BCUT2D eigenvalue weighted by Crippen LogP contribution is 2.48. The van der Waals surface area contributed by atoms with Crippen molar-refractivity contribution < 1.29 is 0 Å². The predicted molar refractivity (Wildman–Crippen MR) is 132 cm³/mol. The van der Waals surface area contributed by atoms with Crippen molar-refractivity contribution in [2.75, 3.05) is 0 Å². The summed E-state index contributed by atoms with van der Waals surface area (Å²) < 4.78 is 0.772. The zero-order chi connectivity index (χ0) is 20.1. The summed E-state index contributed by atoms with van der Waals surface area (Å²) in [6.07, 6.45) is 17.8. The molecular weight excluding hydrogens is 451 g/mol. The molecule has 0 N–H and O–H groups in total. The van der Waals surface area contributed by atoms with Crippen LogP contribution in [-0.4, -0.2) is 3.92 Å². The number of allylic oxidation sites excluding steroid dienone is 4. The maximum atomic E-state index is 2.61. The molecule has 1 aromatic rings. The predicted octanol–water partition coefficient (Wildman–Crippen LogP) is 8.44. The average molecular weight is 491 g/mol. The molecule has 154 valence electrons. The van der Waals surface area contributed by atoms with Crippen molar-refractivity contribution in [3.8, 4) is 0 Å². The standard InChI is InChI=1S/C27H39I/c1-5-11-22(25(17-16-20(2)28)21-12-7-6-8-13-21)18-24-19-23-14-9-10-15-26(23)27(24,3)4/h6-7,9-11,14-15,20-21,24-25H,5,8,12-13,16-19H2,1-4H3/b22-11+/t20?,21?,24?,25-/m1/s1. The Morgan fingerprint density at radius 1 is 1.21 bits per heavy atom. The van der Waals surface area contributed by atoms with E-state index >= 15 is 0 Å². The first-order chi connectivity index (χ1) is 13.4. The van der Waals surface area contributed by atoms with Crippen LogP contribution < -0.4 is 0 Å². The van der Waals surface area contributed by atoms with Crippen LogP contribution in [0.3, 0.4) is 0 Å². The van der Waals surface area contributed by atoms with Crippen LogP contribution in [0.4, 0.5) is 0 Å². The van der Waals surface area contributed by atoms with Crippen molar-refractivity contribution in [2.45, 2.75) is 88.4 Å². The van der Waals surface area contributed by atoms with Gasteiger partial charge in [-0.3, -0.25) is 0 Å². The van der Waals surface area contributed by atoms with Crippen molar-refractivity contribution in [3.05, 3.63) is 59.2 Å². The summed E-state index contributed by atoms with van der Waals surface area (Å²) in [4.78, 5) is 0. The molecule has 0 fully saturated rings. The summed E-state index contributed by atoms with van der Waals surface area (Å²) in [5.41, 5.74) is 5.25. The lowest BCUT2D eigenvalue weighted by molar-refractivity contribution is 0.286. The minimum Gasteiger partial charge on any atom is -0.0885 e. The Hall–Kier alpha value is -0.570. The molecule has 2 aliphatic carbocycles. The smallest absolute Gasteiger partial charge is 0.00815 e. The van der Waals surface area contributed by atoms with Crippen LogP contribution in [0.2, 0.25) is 0 Å². The zero-order valence-electron chi connectivity index (χ0n) is 18.4. The van der Waals surface area contributed by atoms with Crippen LogP contribution >= 0.6 is 22.6 Å². The van der Waals surface area contributed by atoms with E-state index in [4.69, 9.17) is 0 Å². The fourth-order valence-corrected chi connectivity index (χ4v) is 6.00. The third-order valence-corrected chi connectivity index (χ3v) is 8.00. The van der Waals surface area contributed by atoms with E-state index in [1.165, 1.54) is 51.4 Å². The summed E-state index contributed by atoms with van der Waals surface area (Å²) in [5.74, 6) is 2.37. The lowest BCUT2D eigenvalue weighted by atomic mass is 9.70. The second kappa shape index (κ2) is 9.96. The molecule has 0 heterocycles. The lowest BCUT2D eigenvalue weighted by Gasteiger charge is -2.35. The molecule has 0 amide bonds. The molecule has 3 rings (SSSR count). The number of halogens is 1. The van der Waals surface area contributed by atoms with Crippen LogP contribution in [-0.2, 0) is 11.8 Å². The normalized spacial score (nSPS) is 26.1. The SMILES string of the molecule is CC/C=C(\CC1Cc2ccccc2C1(C)C)[C@H](CCC(C)I)C1CC=CCC1. The Labute approximate surface area is 187 Å². The van der Waals surface area contributed by atoms with Gasteiger partial charge >= 0.3 is 0 Å². The van der Waals surface area contributed by atoms with Gasteiger partial charge in [-0.2, -0.15) is 0 Å². The highest BCUT2D eigenvalue weighted by Gasteiger charge is 2.40. The summed E-state index contributed by atoms with van der Waals surface area (Å²) >= 11 is 2.61. The highest BCUT2D eigenvalue weighted by molar-refractivity contribution is 14.1. The largest absolute Gasteiger partial charge is 0.0885 e. The Balaban J connectivity index is 1.82. The highest BCUT2D eigenvalue weighted by atomic mass is 127. The van der Waals surface area contributed by atoms with E-state index in [1.54, 1.807) is 16.7 Å². The van der Waals surface area contributed by atoms with Gasteiger partial charge in [-0.25, -0.2) is 0 Å². The molecule has 1 aromatic carbocycles. The second-order valence-corrected chi connectivity index (χ2v) is 11.8. The Morgan fingerprint density at radius 2 is 2.00 bits per heavy atom. The molecule has 28 heavy (non-hydrogen) atoms. The molecule has 2 aliphatic rings. The van der Waals surface area contributed by atoms with Crippen molar-refractivity contribution in [1.29, 1.82) is 0 Å². The van der Waals surface area contributed by atoms with E-state index in [0.717, 1.165) is 21.7 Å². The Bertz CT molecular complexity index is 694. The van der Waals surface area contributed by atoms with Gasteiger partial charge < -0.3 is 0 Å². The quantitative estimate of drug-likeness (QED) is 0.195. The van der Waals surface area contributed by atoms with Crippen LogP contribution in [0.1, 0.15) is 83.8 Å². The molecule has 1 heteroatoms. The first-order valence-electron chi connectivity index (χ1n) is 11.5. The number of rotatable bonds is 8. The fraction of sp³-hybridized carbons (Fsp3) is 0.630. The molecule has 0 radical (unpaired) electrons. The topological polar surface area (TPSA) is 0 Å². The van der Waals surface area contributed by atoms with E-state index in [1.807, 2.05) is 0 Å². The van der Waals surface area contributed by atoms with Crippen LogP contribution in [0.5, 0.6) is 0 Å². The van der Waals surface area contributed by atoms with Crippen LogP contribution in [0.15, 0.2) is 48.1 Å². The van der Waals surface area contributed by atoms with Gasteiger partial charge in [0.1, 0.15) is 0 Å². The molecule has 0 bridgehead atoms. The van der Waals surface area contributed by atoms with E-state index < -0.39 is 0 Å². The number of alkyl halides is 1. The van der Waals surface area contributed by atoms with Gasteiger partial charge in [-0.1, -0.05) is 98.4 Å². The van der Waals surface area contributed by atoms with Crippen molar-refractivity contribution in [3.63, 3.8) is 0 Å². The number of hydrogen-bond donors (Lipinski definition) is 0. The Kier molecular flexibility index (Phi) is 7.87. The number of fused-ring (bicyclic) bond motifs is 1. The van der Waals surface area contributed by atoms with Gasteiger partial charge in [0.05, 0.1) is 0 Å². The van der Waals surface area contributed by atoms with E-state index in [0.29, 0.717) is 0 Å². The minimum atomic E-state index is 0.289. The summed E-state index contributed by atoms with van der Waals surface area (Å²) in [6, 6.07) is 9.19. The van der Waals surface area contributed by atoms with E-state index in [-0.39, 0.29) is 5.41 Å². The summed E-state index contributed by atoms with van der Waals surface area (Å²) in [6.45, 7) is 9.67. The Morgan fingerprint density at radius 3 is 2.64 bits per heavy atom. The monoisotopic (exact) mass is 490 g/mol. The number of hydrogen-bond acceptors (Lipinski definition) is 0. The molecule has 0 saturated heterocycles. The van der Waals surface area contributed by atoms with Gasteiger partial charge in [0.2, 0.25) is 0 Å². The fourth-order valence-electron chi connectivity index (χ4n) is 5.64. The third-order valence-electron chi connectivity index (χ3n) is 7.38. The average Bonchev–Trinajstić information content (AvgIpc) is 2.93. The van der Waals surface area contributed by atoms with Crippen molar-refractivity contribution in [1.82, 2.24) is 0 Å². The zero-order valence-corrected chi connectivity index (χ0v) is 20.5. The molecule has 4 atom stereocenters. The van der Waals surface area contributed by atoms with Crippen molar-refractivity contribution in [2.24, 2.45) is 17.8 Å². The van der Waals surface area contributed by atoms with Gasteiger partial charge in [0.15, 0.2) is 0 Å². The molecular formula is C27H39I. The molecule has 0 nitrogen and oxygen atoms in total. The maximum Gasteiger partial charge on any atom is 0.00815 e. The van der Waals surface area contributed by atoms with Crippen LogP contribution in [0, 0.1) is 17.8 Å². The molecule has 0 saturated carbocycles. The molecule has 0 aromatic heterocycles. The van der Waals surface area contributed by atoms with Gasteiger partial charge in [-0.05, 0) is 85.7 Å². The van der Waals surface area contributed by atoms with Crippen molar-refractivity contribution >= 4 is 22.6 Å². The molecule has 0 aliphatic heterocycles. The number of benzene rings is 1. The first-order valence-corrected chi connectivity index (χ1v) is 12.7. The summed E-state index contributed by atoms with van der Waals surface area (Å²) in [7, 11) is 0. The molecule has 3 unspecified atom stereocenters. The molecule has 0 spiro atoms. The van der Waals surface area contributed by atoms with Gasteiger partial charge in [0, 0.05) is 3.92 Å². The van der Waals surface area contributed by atoms with Gasteiger partial charge in [0.25, 0.3) is 0 Å². The van der Waals surface area contributed by atoms with Gasteiger partial charge in [-0.15, -0.1) is 0 Å². The summed E-state index contributed by atoms with van der Waals surface area (Å²) in [5, 5.41) is 0. The lowest BCUT2D eigenvalue weighted by Crippen LogP contribution is -2.27. The van der Waals surface area contributed by atoms with E-state index in [2.05, 4.69) is 92.8 Å². The third kappa shape index (κ3) is 5.12. The second-order valence-electron chi connectivity index (χ2n) is 9.68. The van der Waals surface area contributed by atoms with E-state index in [9.17, 15) is 0 Å².